The minimum absolute atomic E-state index is 0.255. The topological polar surface area (TPSA) is 90.9 Å². The predicted molar refractivity (Wildman–Crippen MR) is 122 cm³/mol. The third-order valence-electron chi connectivity index (χ3n) is 5.16. The maximum absolute atomic E-state index is 12.5. The van der Waals surface area contributed by atoms with Crippen LogP contribution in [0.25, 0.3) is 0 Å². The third-order valence-corrected chi connectivity index (χ3v) is 6.33. The Morgan fingerprint density at radius 1 is 1.09 bits per heavy atom. The van der Waals surface area contributed by atoms with Gasteiger partial charge < -0.3 is 19.5 Å². The van der Waals surface area contributed by atoms with E-state index >= 15 is 0 Å². The molecule has 3 rings (SSSR count). The molecular weight excluding hydrogens is 430 g/mol. The molecule has 0 radical (unpaired) electrons. The van der Waals surface area contributed by atoms with Crippen LogP contribution in [0, 0.1) is 19.8 Å². The van der Waals surface area contributed by atoms with Crippen LogP contribution in [0.1, 0.15) is 52.2 Å². The summed E-state index contributed by atoms with van der Waals surface area (Å²) in [5, 5.41) is 3.18. The number of hydrogen-bond acceptors (Lipinski definition) is 7. The molecule has 2 aromatic rings. The molecule has 1 N–H and O–H groups in total. The fraction of sp³-hybridized carbons (Fsp3) is 0.458. The largest absolute Gasteiger partial charge is 0.482 e. The van der Waals surface area contributed by atoms with Crippen molar-refractivity contribution in [2.24, 2.45) is 5.92 Å². The molecule has 1 aliphatic rings. The number of carbonyl (C=O) groups is 3. The van der Waals surface area contributed by atoms with Crippen molar-refractivity contribution in [3.63, 3.8) is 0 Å². The molecule has 0 saturated carbocycles. The number of ether oxygens (including phenoxy) is 3. The molecule has 1 amide bonds. The van der Waals surface area contributed by atoms with E-state index in [-0.39, 0.29) is 13.2 Å². The molecule has 1 unspecified atom stereocenters. The molecule has 1 aliphatic carbocycles. The van der Waals surface area contributed by atoms with Gasteiger partial charge in [-0.1, -0.05) is 13.0 Å². The number of anilines is 1. The van der Waals surface area contributed by atoms with Crippen LogP contribution >= 0.6 is 11.3 Å². The number of benzene rings is 1. The fourth-order valence-electron chi connectivity index (χ4n) is 3.77. The lowest BCUT2D eigenvalue weighted by Gasteiger charge is -2.18. The maximum atomic E-state index is 12.5. The Morgan fingerprint density at radius 3 is 2.50 bits per heavy atom. The summed E-state index contributed by atoms with van der Waals surface area (Å²) in [5.74, 6) is -0.501. The highest BCUT2D eigenvalue weighted by molar-refractivity contribution is 7.17. The second-order valence-electron chi connectivity index (χ2n) is 8.10. The number of esters is 2. The van der Waals surface area contributed by atoms with Crippen LogP contribution in [0.3, 0.4) is 0 Å². The van der Waals surface area contributed by atoms with Crippen molar-refractivity contribution >= 4 is 34.2 Å². The van der Waals surface area contributed by atoms with E-state index in [1.807, 2.05) is 32.0 Å². The molecule has 8 heteroatoms. The molecule has 0 saturated heterocycles. The van der Waals surface area contributed by atoms with E-state index in [2.05, 4.69) is 12.2 Å². The summed E-state index contributed by atoms with van der Waals surface area (Å²) in [7, 11) is 0. The average molecular weight is 460 g/mol. The summed E-state index contributed by atoms with van der Waals surface area (Å²) < 4.78 is 15.7. The number of nitrogens with one attached hydrogen (secondary N) is 1. The number of rotatable bonds is 8. The number of hydrogen-bond donors (Lipinski definition) is 1. The third kappa shape index (κ3) is 6.09. The molecular formula is C24H29NO6S. The van der Waals surface area contributed by atoms with Crippen LogP contribution < -0.4 is 10.1 Å². The van der Waals surface area contributed by atoms with Gasteiger partial charge in [0.2, 0.25) is 0 Å². The van der Waals surface area contributed by atoms with Crippen molar-refractivity contribution in [2.45, 2.75) is 47.0 Å². The van der Waals surface area contributed by atoms with Crippen LogP contribution in [0.15, 0.2) is 18.2 Å². The van der Waals surface area contributed by atoms with Gasteiger partial charge in [0.25, 0.3) is 5.91 Å². The van der Waals surface area contributed by atoms with Crippen molar-refractivity contribution in [2.75, 3.05) is 25.1 Å². The SMILES string of the molecule is CCOC(=O)c1c(NC(=O)COC(=O)COc2cc(C)cc(C)c2)sc2c1CCC(C)C2. The molecule has 1 aromatic carbocycles. The van der Waals surface area contributed by atoms with Crippen LogP contribution in [0.5, 0.6) is 5.75 Å². The number of carbonyl (C=O) groups excluding carboxylic acids is 3. The second-order valence-corrected chi connectivity index (χ2v) is 9.20. The monoisotopic (exact) mass is 459 g/mol. The van der Waals surface area contributed by atoms with Gasteiger partial charge in [-0.15, -0.1) is 11.3 Å². The lowest BCUT2D eigenvalue weighted by molar-refractivity contribution is -0.149. The Bertz CT molecular complexity index is 992. The zero-order valence-electron chi connectivity index (χ0n) is 18.9. The number of amides is 1. The summed E-state index contributed by atoms with van der Waals surface area (Å²) >= 11 is 1.39. The normalized spacial score (nSPS) is 14.9. The minimum Gasteiger partial charge on any atom is -0.482 e. The molecule has 1 heterocycles. The van der Waals surface area contributed by atoms with Gasteiger partial charge >= 0.3 is 11.9 Å². The number of fused-ring (bicyclic) bond motifs is 1. The van der Waals surface area contributed by atoms with Crippen LogP contribution in [0.2, 0.25) is 0 Å². The maximum Gasteiger partial charge on any atom is 0.344 e. The van der Waals surface area contributed by atoms with Crippen molar-refractivity contribution < 1.29 is 28.6 Å². The molecule has 0 aliphatic heterocycles. The first-order chi connectivity index (χ1) is 15.3. The van der Waals surface area contributed by atoms with E-state index in [1.54, 1.807) is 6.92 Å². The summed E-state index contributed by atoms with van der Waals surface area (Å²) in [5.41, 5.74) is 3.44. The first-order valence-corrected chi connectivity index (χ1v) is 11.6. The Labute approximate surface area is 192 Å². The Hall–Kier alpha value is -2.87. The first-order valence-electron chi connectivity index (χ1n) is 10.7. The quantitative estimate of drug-likeness (QED) is 0.594. The highest BCUT2D eigenvalue weighted by Gasteiger charge is 2.29. The van der Waals surface area contributed by atoms with Crippen molar-refractivity contribution in [1.29, 1.82) is 0 Å². The van der Waals surface area contributed by atoms with Crippen LogP contribution in [-0.2, 0) is 31.9 Å². The van der Waals surface area contributed by atoms with E-state index in [0.29, 0.717) is 22.2 Å². The summed E-state index contributed by atoms with van der Waals surface area (Å²) in [6, 6.07) is 5.65. The summed E-state index contributed by atoms with van der Waals surface area (Å²) in [6.45, 7) is 7.30. The number of aryl methyl sites for hydroxylation is 2. The van der Waals surface area contributed by atoms with Gasteiger partial charge in [-0.25, -0.2) is 9.59 Å². The van der Waals surface area contributed by atoms with E-state index in [9.17, 15) is 14.4 Å². The van der Waals surface area contributed by atoms with Gasteiger partial charge in [0, 0.05) is 4.88 Å². The molecule has 0 spiro atoms. The van der Waals surface area contributed by atoms with Crippen molar-refractivity contribution in [1.82, 2.24) is 0 Å². The molecule has 1 aromatic heterocycles. The highest BCUT2D eigenvalue weighted by Crippen LogP contribution is 2.40. The second kappa shape index (κ2) is 10.6. The minimum atomic E-state index is -0.649. The van der Waals surface area contributed by atoms with Gasteiger partial charge in [0.1, 0.15) is 10.8 Å². The zero-order chi connectivity index (χ0) is 23.3. The average Bonchev–Trinajstić information content (AvgIpc) is 3.07. The lowest BCUT2D eigenvalue weighted by Crippen LogP contribution is -2.24. The lowest BCUT2D eigenvalue weighted by atomic mass is 9.88. The van der Waals surface area contributed by atoms with Gasteiger partial charge in [-0.05, 0) is 74.8 Å². The molecule has 1 atom stereocenters. The van der Waals surface area contributed by atoms with Crippen molar-refractivity contribution in [3.8, 4) is 5.75 Å². The van der Waals surface area contributed by atoms with E-state index < -0.39 is 24.5 Å². The Morgan fingerprint density at radius 2 is 1.81 bits per heavy atom. The number of thiophene rings is 1. The van der Waals surface area contributed by atoms with Crippen LogP contribution in [-0.4, -0.2) is 37.7 Å². The van der Waals surface area contributed by atoms with Crippen LogP contribution in [0.4, 0.5) is 5.00 Å². The Kier molecular flexibility index (Phi) is 7.90. The van der Waals surface area contributed by atoms with E-state index in [0.717, 1.165) is 40.8 Å². The Balaban J connectivity index is 1.58. The smallest absolute Gasteiger partial charge is 0.344 e. The highest BCUT2D eigenvalue weighted by atomic mass is 32.1. The fourth-order valence-corrected chi connectivity index (χ4v) is 5.18. The zero-order valence-corrected chi connectivity index (χ0v) is 19.7. The van der Waals surface area contributed by atoms with E-state index in [1.165, 1.54) is 11.3 Å². The van der Waals surface area contributed by atoms with E-state index in [4.69, 9.17) is 14.2 Å². The standard InChI is InChI=1S/C24H29NO6S/c1-5-29-24(28)22-18-7-6-14(2)11-19(18)32-23(22)25-20(26)12-31-21(27)13-30-17-9-15(3)8-16(4)10-17/h8-10,14H,5-7,11-13H2,1-4H3,(H,25,26). The molecule has 172 valence electrons. The predicted octanol–water partition coefficient (Wildman–Crippen LogP) is 4.23. The van der Waals surface area contributed by atoms with Gasteiger partial charge in [-0.2, -0.15) is 0 Å². The summed E-state index contributed by atoms with van der Waals surface area (Å²) in [4.78, 5) is 38.0. The molecule has 0 bridgehead atoms. The first kappa shape index (κ1) is 23.8. The molecule has 0 fully saturated rings. The molecule has 32 heavy (non-hydrogen) atoms. The van der Waals surface area contributed by atoms with Gasteiger partial charge in [0.05, 0.1) is 12.2 Å². The van der Waals surface area contributed by atoms with Gasteiger partial charge in [-0.3, -0.25) is 4.79 Å². The summed E-state index contributed by atoms with van der Waals surface area (Å²) in [6.07, 6.45) is 2.64. The molecule has 7 nitrogen and oxygen atoms in total. The van der Waals surface area contributed by atoms with Crippen molar-refractivity contribution in [3.05, 3.63) is 45.3 Å². The van der Waals surface area contributed by atoms with Gasteiger partial charge in [0.15, 0.2) is 13.2 Å².